The van der Waals surface area contributed by atoms with Gasteiger partial charge in [-0.1, -0.05) is 25.7 Å². The number of carbonyl (C=O) groups excluding carboxylic acids is 1. The summed E-state index contributed by atoms with van der Waals surface area (Å²) in [5.41, 5.74) is 1.76. The molecule has 0 bridgehead atoms. The molecule has 4 heteroatoms. The minimum absolute atomic E-state index is 0.156. The largest absolute Gasteiger partial charge is 0.384 e. The first-order chi connectivity index (χ1) is 10.0. The fraction of sp³-hybridized carbons (Fsp3) is 0.471. The van der Waals surface area contributed by atoms with Crippen LogP contribution in [0.1, 0.15) is 38.3 Å². The molecular formula is C17H23NO3. The van der Waals surface area contributed by atoms with E-state index in [0.717, 1.165) is 23.2 Å². The van der Waals surface area contributed by atoms with Gasteiger partial charge in [0.1, 0.15) is 12.2 Å². The highest BCUT2D eigenvalue weighted by Crippen LogP contribution is 2.22. The molecule has 0 aromatic heterocycles. The molecule has 0 spiro atoms. The van der Waals surface area contributed by atoms with E-state index >= 15 is 0 Å². The minimum atomic E-state index is -0.833. The van der Waals surface area contributed by atoms with E-state index in [1.165, 1.54) is 7.11 Å². The van der Waals surface area contributed by atoms with Gasteiger partial charge >= 0.3 is 0 Å². The second kappa shape index (κ2) is 7.82. The predicted octanol–water partition coefficient (Wildman–Crippen LogP) is 2.35. The summed E-state index contributed by atoms with van der Waals surface area (Å²) in [6.45, 7) is 5.54. The van der Waals surface area contributed by atoms with Gasteiger partial charge in [-0.15, -0.1) is 0 Å². The molecule has 0 aliphatic heterocycles. The second-order valence-electron chi connectivity index (χ2n) is 4.93. The summed E-state index contributed by atoms with van der Waals surface area (Å²) in [6.07, 6.45) is 1.37. The zero-order valence-electron chi connectivity index (χ0n) is 13.1. The van der Waals surface area contributed by atoms with E-state index in [9.17, 15) is 4.79 Å². The Morgan fingerprint density at radius 3 is 2.67 bits per heavy atom. The third kappa shape index (κ3) is 4.32. The van der Waals surface area contributed by atoms with Gasteiger partial charge < -0.3 is 15.2 Å². The van der Waals surface area contributed by atoms with Gasteiger partial charge in [-0.05, 0) is 43.5 Å². The normalized spacial score (nSPS) is 13.0. The quantitative estimate of drug-likeness (QED) is 0.818. The molecule has 1 rings (SSSR count). The molecule has 0 fully saturated rings. The van der Waals surface area contributed by atoms with E-state index in [1.54, 1.807) is 6.92 Å². The zero-order chi connectivity index (χ0) is 15.9. The van der Waals surface area contributed by atoms with E-state index in [1.807, 2.05) is 32.0 Å². The molecule has 0 saturated heterocycles. The molecule has 21 heavy (non-hydrogen) atoms. The maximum Gasteiger partial charge on any atom is 0.256 e. The Morgan fingerprint density at radius 2 is 2.14 bits per heavy atom. The highest BCUT2D eigenvalue weighted by molar-refractivity contribution is 5.97. The van der Waals surface area contributed by atoms with Crippen LogP contribution in [0, 0.1) is 11.8 Å². The first-order valence-electron chi connectivity index (χ1n) is 7.10. The van der Waals surface area contributed by atoms with Crippen LogP contribution in [0.3, 0.4) is 0 Å². The Kier molecular flexibility index (Phi) is 6.41. The number of anilines is 1. The van der Waals surface area contributed by atoms with Crippen molar-refractivity contribution >= 4 is 11.6 Å². The van der Waals surface area contributed by atoms with Crippen molar-refractivity contribution in [1.29, 1.82) is 0 Å². The maximum absolute atomic E-state index is 12.3. The summed E-state index contributed by atoms with van der Waals surface area (Å²) in [7, 11) is 1.54. The van der Waals surface area contributed by atoms with Crippen molar-refractivity contribution in [3.05, 3.63) is 29.3 Å². The molecule has 4 nitrogen and oxygen atoms in total. The van der Waals surface area contributed by atoms with Crippen molar-refractivity contribution in [1.82, 2.24) is 0 Å². The number of amides is 1. The Morgan fingerprint density at radius 1 is 1.43 bits per heavy atom. The standard InChI is InChI=1S/C17H23NO3/c1-5-14-12-13(8-7-11-19)9-10-15(14)18-16(20)17(3,6-2)21-4/h9-10,12,19H,5-6,11H2,1-4H3,(H,18,20). The smallest absolute Gasteiger partial charge is 0.256 e. The van der Waals surface area contributed by atoms with Crippen LogP contribution in [0.4, 0.5) is 5.69 Å². The highest BCUT2D eigenvalue weighted by atomic mass is 16.5. The zero-order valence-corrected chi connectivity index (χ0v) is 13.1. The Bertz CT molecular complexity index is 551. The summed E-state index contributed by atoms with van der Waals surface area (Å²) in [6, 6.07) is 5.59. The number of rotatable bonds is 5. The Hall–Kier alpha value is -1.83. The summed E-state index contributed by atoms with van der Waals surface area (Å²) in [5.74, 6) is 5.33. The van der Waals surface area contributed by atoms with E-state index in [4.69, 9.17) is 9.84 Å². The average Bonchev–Trinajstić information content (AvgIpc) is 2.52. The van der Waals surface area contributed by atoms with E-state index < -0.39 is 5.60 Å². The summed E-state index contributed by atoms with van der Waals surface area (Å²) in [5, 5.41) is 11.7. The summed E-state index contributed by atoms with van der Waals surface area (Å²) in [4.78, 5) is 12.3. The first-order valence-corrected chi connectivity index (χ1v) is 7.10. The van der Waals surface area contributed by atoms with Gasteiger partial charge in [0.2, 0.25) is 0 Å². The number of carbonyl (C=O) groups is 1. The van der Waals surface area contributed by atoms with Crippen LogP contribution < -0.4 is 5.32 Å². The van der Waals surface area contributed by atoms with Crippen molar-refractivity contribution in [3.63, 3.8) is 0 Å². The molecule has 1 aromatic rings. The van der Waals surface area contributed by atoms with Gasteiger partial charge in [0, 0.05) is 18.4 Å². The van der Waals surface area contributed by atoms with Crippen LogP contribution in [-0.4, -0.2) is 30.3 Å². The van der Waals surface area contributed by atoms with Crippen molar-refractivity contribution < 1.29 is 14.6 Å². The number of hydrogen-bond acceptors (Lipinski definition) is 3. The van der Waals surface area contributed by atoms with Crippen LogP contribution in [0.25, 0.3) is 0 Å². The van der Waals surface area contributed by atoms with Gasteiger partial charge in [-0.25, -0.2) is 0 Å². The van der Waals surface area contributed by atoms with Gasteiger partial charge in [0.05, 0.1) is 0 Å². The lowest BCUT2D eigenvalue weighted by atomic mass is 10.0. The van der Waals surface area contributed by atoms with Crippen molar-refractivity contribution in [2.24, 2.45) is 0 Å². The molecule has 1 atom stereocenters. The number of aliphatic hydroxyl groups excluding tert-OH is 1. The molecule has 2 N–H and O–H groups in total. The molecular weight excluding hydrogens is 266 g/mol. The maximum atomic E-state index is 12.3. The SMILES string of the molecule is CCc1cc(C#CCO)ccc1NC(=O)C(C)(CC)OC. The van der Waals surface area contributed by atoms with Gasteiger partial charge in [-0.3, -0.25) is 4.79 Å². The van der Waals surface area contributed by atoms with E-state index in [0.29, 0.717) is 6.42 Å². The van der Waals surface area contributed by atoms with Crippen LogP contribution in [-0.2, 0) is 16.0 Å². The van der Waals surface area contributed by atoms with Gasteiger partial charge in [0.25, 0.3) is 5.91 Å². The monoisotopic (exact) mass is 289 g/mol. The molecule has 0 aliphatic carbocycles. The fourth-order valence-corrected chi connectivity index (χ4v) is 1.88. The number of methoxy groups -OCH3 is 1. The molecule has 1 aromatic carbocycles. The lowest BCUT2D eigenvalue weighted by molar-refractivity contribution is -0.136. The predicted molar refractivity (Wildman–Crippen MR) is 84.1 cm³/mol. The fourth-order valence-electron chi connectivity index (χ4n) is 1.88. The molecule has 1 unspecified atom stereocenters. The number of aryl methyl sites for hydroxylation is 1. The third-order valence-corrected chi connectivity index (χ3v) is 3.65. The first kappa shape index (κ1) is 17.2. The van der Waals surface area contributed by atoms with Crippen molar-refractivity contribution in [3.8, 4) is 11.8 Å². The number of ether oxygens (including phenoxy) is 1. The van der Waals surface area contributed by atoms with Crippen molar-refractivity contribution in [2.45, 2.75) is 39.2 Å². The van der Waals surface area contributed by atoms with Crippen LogP contribution >= 0.6 is 0 Å². The lowest BCUT2D eigenvalue weighted by Gasteiger charge is -2.25. The third-order valence-electron chi connectivity index (χ3n) is 3.65. The van der Waals surface area contributed by atoms with Gasteiger partial charge in [0.15, 0.2) is 0 Å². The second-order valence-corrected chi connectivity index (χ2v) is 4.93. The molecule has 0 saturated carbocycles. The molecule has 114 valence electrons. The Labute approximate surface area is 126 Å². The highest BCUT2D eigenvalue weighted by Gasteiger charge is 2.31. The van der Waals surface area contributed by atoms with E-state index in [2.05, 4.69) is 17.2 Å². The topological polar surface area (TPSA) is 58.6 Å². The van der Waals surface area contributed by atoms with Crippen molar-refractivity contribution in [2.75, 3.05) is 19.0 Å². The average molecular weight is 289 g/mol. The molecule has 1 amide bonds. The molecule has 0 heterocycles. The van der Waals surface area contributed by atoms with Crippen LogP contribution in [0.2, 0.25) is 0 Å². The van der Waals surface area contributed by atoms with Gasteiger partial charge in [-0.2, -0.15) is 0 Å². The van der Waals surface area contributed by atoms with Crippen LogP contribution in [0.15, 0.2) is 18.2 Å². The molecule has 0 aliphatic rings. The van der Waals surface area contributed by atoms with E-state index in [-0.39, 0.29) is 12.5 Å². The Balaban J connectivity index is 3.01. The van der Waals surface area contributed by atoms with Crippen LogP contribution in [0.5, 0.6) is 0 Å². The molecule has 0 radical (unpaired) electrons. The number of benzene rings is 1. The number of hydrogen-bond donors (Lipinski definition) is 2. The minimum Gasteiger partial charge on any atom is -0.384 e. The number of aliphatic hydroxyl groups is 1. The number of nitrogens with one attached hydrogen (secondary N) is 1. The summed E-state index contributed by atoms with van der Waals surface area (Å²) >= 11 is 0. The summed E-state index contributed by atoms with van der Waals surface area (Å²) < 4.78 is 5.31. The lowest BCUT2D eigenvalue weighted by Crippen LogP contribution is -2.41.